The Morgan fingerprint density at radius 1 is 1.28 bits per heavy atom. The van der Waals surface area contributed by atoms with Gasteiger partial charge < -0.3 is 14.6 Å². The van der Waals surface area contributed by atoms with Crippen LogP contribution in [0.15, 0.2) is 16.9 Å². The molecule has 0 aliphatic carbocycles. The van der Waals surface area contributed by atoms with E-state index < -0.39 is 0 Å². The molecule has 2 aromatic heterocycles. The lowest BCUT2D eigenvalue weighted by Crippen LogP contribution is -2.29. The first-order valence-corrected chi connectivity index (χ1v) is 10.5. The van der Waals surface area contributed by atoms with E-state index in [0.717, 1.165) is 62.2 Å². The molecule has 0 aromatic carbocycles. The van der Waals surface area contributed by atoms with Crippen LogP contribution >= 0.6 is 35.5 Å². The SMILES string of the molecule is Cl.c1ncc(CSc2nnc(C3CCNCC3)n2CC2CCCO2)s1. The van der Waals surface area contributed by atoms with Crippen LogP contribution in [0.2, 0.25) is 0 Å². The predicted octanol–water partition coefficient (Wildman–Crippen LogP) is 3.09. The van der Waals surface area contributed by atoms with Crippen molar-refractivity contribution in [3.8, 4) is 0 Å². The molecule has 2 fully saturated rings. The quantitative estimate of drug-likeness (QED) is 0.750. The van der Waals surface area contributed by atoms with Crippen molar-refractivity contribution in [2.24, 2.45) is 0 Å². The van der Waals surface area contributed by atoms with Crippen LogP contribution in [0.5, 0.6) is 0 Å². The van der Waals surface area contributed by atoms with Gasteiger partial charge in [-0.2, -0.15) is 0 Å². The molecule has 138 valence electrons. The maximum atomic E-state index is 5.87. The number of hydrogen-bond acceptors (Lipinski definition) is 7. The first-order valence-electron chi connectivity index (χ1n) is 8.66. The zero-order valence-corrected chi connectivity index (χ0v) is 16.5. The van der Waals surface area contributed by atoms with Gasteiger partial charge in [-0.3, -0.25) is 4.98 Å². The molecule has 0 saturated carbocycles. The molecule has 9 heteroatoms. The Balaban J connectivity index is 0.00000182. The van der Waals surface area contributed by atoms with Gasteiger partial charge in [0.15, 0.2) is 5.16 Å². The second kappa shape index (κ2) is 9.32. The Morgan fingerprint density at radius 2 is 2.16 bits per heavy atom. The van der Waals surface area contributed by atoms with Crippen LogP contribution in [0.25, 0.3) is 0 Å². The number of thioether (sulfide) groups is 1. The van der Waals surface area contributed by atoms with Crippen LogP contribution in [0.4, 0.5) is 0 Å². The van der Waals surface area contributed by atoms with Crippen LogP contribution < -0.4 is 5.32 Å². The van der Waals surface area contributed by atoms with Crippen molar-refractivity contribution < 1.29 is 4.74 Å². The summed E-state index contributed by atoms with van der Waals surface area (Å²) in [7, 11) is 0. The zero-order chi connectivity index (χ0) is 16.2. The van der Waals surface area contributed by atoms with E-state index in [-0.39, 0.29) is 12.4 Å². The van der Waals surface area contributed by atoms with Crippen molar-refractivity contribution in [3.05, 3.63) is 22.4 Å². The third kappa shape index (κ3) is 4.74. The van der Waals surface area contributed by atoms with Crippen LogP contribution in [-0.4, -0.2) is 45.5 Å². The standard InChI is InChI=1S/C16H23N5OS2.ClH/c1-2-13(22-7-1)9-21-15(12-3-5-17-6-4-12)19-20-16(21)23-10-14-8-18-11-24-14;/h8,11-13,17H,1-7,9-10H2;1H. The molecule has 2 aliphatic heterocycles. The van der Waals surface area contributed by atoms with E-state index in [0.29, 0.717) is 12.0 Å². The van der Waals surface area contributed by atoms with E-state index in [9.17, 15) is 0 Å². The van der Waals surface area contributed by atoms with Gasteiger partial charge in [-0.05, 0) is 38.8 Å². The molecule has 2 saturated heterocycles. The third-order valence-corrected chi connectivity index (χ3v) is 6.66. The maximum Gasteiger partial charge on any atom is 0.191 e. The number of rotatable bonds is 6. The molecular weight excluding hydrogens is 378 g/mol. The summed E-state index contributed by atoms with van der Waals surface area (Å²) in [6.45, 7) is 3.91. The normalized spacial score (nSPS) is 21.4. The van der Waals surface area contributed by atoms with Gasteiger partial charge in [0.05, 0.1) is 18.2 Å². The molecule has 1 N–H and O–H groups in total. The molecule has 4 heterocycles. The number of hydrogen-bond donors (Lipinski definition) is 1. The summed E-state index contributed by atoms with van der Waals surface area (Å²) in [5.74, 6) is 2.57. The number of aromatic nitrogens is 4. The minimum absolute atomic E-state index is 0. The van der Waals surface area contributed by atoms with Crippen molar-refractivity contribution in [3.63, 3.8) is 0 Å². The molecule has 2 aliphatic rings. The topological polar surface area (TPSA) is 64.9 Å². The number of nitrogens with zero attached hydrogens (tertiary/aromatic N) is 4. The van der Waals surface area contributed by atoms with Crippen molar-refractivity contribution in [1.82, 2.24) is 25.1 Å². The summed E-state index contributed by atoms with van der Waals surface area (Å²) >= 11 is 3.46. The van der Waals surface area contributed by atoms with Crippen molar-refractivity contribution in [2.75, 3.05) is 19.7 Å². The van der Waals surface area contributed by atoms with Gasteiger partial charge in [0, 0.05) is 29.4 Å². The van der Waals surface area contributed by atoms with Gasteiger partial charge in [-0.15, -0.1) is 33.9 Å². The number of ether oxygens (including phenoxy) is 1. The Hall–Kier alpha value is -0.670. The molecule has 0 amide bonds. The lowest BCUT2D eigenvalue weighted by Gasteiger charge is -2.23. The van der Waals surface area contributed by atoms with E-state index >= 15 is 0 Å². The third-order valence-electron chi connectivity index (χ3n) is 4.69. The monoisotopic (exact) mass is 401 g/mol. The molecule has 1 atom stereocenters. The first-order chi connectivity index (χ1) is 11.9. The summed E-state index contributed by atoms with van der Waals surface area (Å²) in [6, 6.07) is 0. The molecular formula is C16H24ClN5OS2. The summed E-state index contributed by atoms with van der Waals surface area (Å²) < 4.78 is 8.20. The first kappa shape index (κ1) is 19.1. The summed E-state index contributed by atoms with van der Waals surface area (Å²) in [5, 5.41) is 13.6. The van der Waals surface area contributed by atoms with Crippen molar-refractivity contribution in [2.45, 2.75) is 55.2 Å². The average Bonchev–Trinajstić information content (AvgIpc) is 3.37. The largest absolute Gasteiger partial charge is 0.376 e. The van der Waals surface area contributed by atoms with E-state index in [1.165, 1.54) is 11.3 Å². The number of nitrogens with one attached hydrogen (secondary N) is 1. The van der Waals surface area contributed by atoms with Crippen LogP contribution in [0.1, 0.15) is 42.3 Å². The molecule has 25 heavy (non-hydrogen) atoms. The minimum Gasteiger partial charge on any atom is -0.376 e. The average molecular weight is 402 g/mol. The molecule has 2 aromatic rings. The molecule has 6 nitrogen and oxygen atoms in total. The minimum atomic E-state index is 0. The smallest absolute Gasteiger partial charge is 0.191 e. The fourth-order valence-electron chi connectivity index (χ4n) is 3.40. The predicted molar refractivity (Wildman–Crippen MR) is 103 cm³/mol. The number of halogens is 1. The van der Waals surface area contributed by atoms with Crippen molar-refractivity contribution >= 4 is 35.5 Å². The fourth-order valence-corrected chi connectivity index (χ4v) is 5.00. The van der Waals surface area contributed by atoms with E-state index in [2.05, 4.69) is 25.1 Å². The second-order valence-electron chi connectivity index (χ2n) is 6.37. The van der Waals surface area contributed by atoms with Gasteiger partial charge in [-0.25, -0.2) is 0 Å². The highest BCUT2D eigenvalue weighted by Gasteiger charge is 2.26. The number of piperidine rings is 1. The summed E-state index contributed by atoms with van der Waals surface area (Å²) in [6.07, 6.45) is 6.84. The fraction of sp³-hybridized carbons (Fsp3) is 0.688. The molecule has 4 rings (SSSR count). The van der Waals surface area contributed by atoms with Gasteiger partial charge in [0.1, 0.15) is 5.82 Å². The molecule has 0 spiro atoms. The lowest BCUT2D eigenvalue weighted by molar-refractivity contribution is 0.0936. The number of thiazole rings is 1. The van der Waals surface area contributed by atoms with Gasteiger partial charge in [0.2, 0.25) is 0 Å². The zero-order valence-electron chi connectivity index (χ0n) is 14.1. The Labute approximate surface area is 162 Å². The highest BCUT2D eigenvalue weighted by Crippen LogP contribution is 2.30. The van der Waals surface area contributed by atoms with Crippen molar-refractivity contribution in [1.29, 1.82) is 0 Å². The van der Waals surface area contributed by atoms with Crippen LogP contribution in [0, 0.1) is 0 Å². The van der Waals surface area contributed by atoms with Crippen LogP contribution in [0.3, 0.4) is 0 Å². The Bertz CT molecular complexity index is 639. The van der Waals surface area contributed by atoms with Gasteiger partial charge in [-0.1, -0.05) is 11.8 Å². The highest BCUT2D eigenvalue weighted by atomic mass is 35.5. The van der Waals surface area contributed by atoms with E-state index in [4.69, 9.17) is 4.74 Å². The lowest BCUT2D eigenvalue weighted by atomic mass is 9.97. The highest BCUT2D eigenvalue weighted by molar-refractivity contribution is 7.98. The molecule has 0 radical (unpaired) electrons. The van der Waals surface area contributed by atoms with E-state index in [1.807, 2.05) is 11.7 Å². The van der Waals surface area contributed by atoms with E-state index in [1.54, 1.807) is 23.1 Å². The van der Waals surface area contributed by atoms with Gasteiger partial charge in [0.25, 0.3) is 0 Å². The Morgan fingerprint density at radius 3 is 2.88 bits per heavy atom. The molecule has 1 unspecified atom stereocenters. The Kier molecular flexibility index (Phi) is 7.12. The van der Waals surface area contributed by atoms with Gasteiger partial charge >= 0.3 is 0 Å². The van der Waals surface area contributed by atoms with Crippen LogP contribution in [-0.2, 0) is 17.0 Å². The second-order valence-corrected chi connectivity index (χ2v) is 8.28. The summed E-state index contributed by atoms with van der Waals surface area (Å²) in [5.41, 5.74) is 1.88. The maximum absolute atomic E-state index is 5.87. The molecule has 0 bridgehead atoms. The summed E-state index contributed by atoms with van der Waals surface area (Å²) in [4.78, 5) is 5.43.